The highest BCUT2D eigenvalue weighted by Gasteiger charge is 2.18. The molecule has 0 aliphatic heterocycles. The normalized spacial score (nSPS) is 10.6. The molecule has 5 heteroatoms. The van der Waals surface area contributed by atoms with Crippen LogP contribution >= 0.6 is 0 Å². The first kappa shape index (κ1) is 24.8. The highest BCUT2D eigenvalue weighted by molar-refractivity contribution is 6.01. The van der Waals surface area contributed by atoms with Gasteiger partial charge in [-0.1, -0.05) is 97.1 Å². The maximum absolute atomic E-state index is 13.2. The third-order valence-corrected chi connectivity index (χ3v) is 6.06. The van der Waals surface area contributed by atoms with E-state index >= 15 is 0 Å². The molecule has 0 saturated heterocycles. The lowest BCUT2D eigenvalue weighted by molar-refractivity contribution is 0.0462. The van der Waals surface area contributed by atoms with E-state index in [1.165, 1.54) is 0 Å². The Labute approximate surface area is 221 Å². The summed E-state index contributed by atoms with van der Waals surface area (Å²) >= 11 is 0. The van der Waals surface area contributed by atoms with Crippen LogP contribution in [0.2, 0.25) is 0 Å². The van der Waals surface area contributed by atoms with Gasteiger partial charge < -0.3 is 14.2 Å². The first-order chi connectivity index (χ1) is 18.7. The summed E-state index contributed by atoms with van der Waals surface area (Å²) in [5, 5.41) is 1.53. The molecule has 0 aliphatic rings. The summed E-state index contributed by atoms with van der Waals surface area (Å²) in [6.07, 6.45) is 0. The summed E-state index contributed by atoms with van der Waals surface area (Å²) in [5.74, 6) is -0.525. The Hall–Kier alpha value is -4.90. The Morgan fingerprint density at radius 1 is 0.500 bits per heavy atom. The van der Waals surface area contributed by atoms with Crippen LogP contribution in [0.5, 0.6) is 5.75 Å². The summed E-state index contributed by atoms with van der Waals surface area (Å²) < 4.78 is 17.2. The molecule has 0 fully saturated rings. The van der Waals surface area contributed by atoms with Crippen molar-refractivity contribution in [2.45, 2.75) is 19.8 Å². The zero-order valence-electron chi connectivity index (χ0n) is 20.7. The maximum Gasteiger partial charge on any atom is 0.342 e. The standard InChI is InChI=1S/C33H26O5/c34-32(37-22-25-12-6-2-7-13-25)28-17-16-27-20-31(36-21-24-10-4-1-5-11-24)30(19-29(27)18-28)33(35)38-23-26-14-8-3-9-15-26/h1-20H,21-23H2. The van der Waals surface area contributed by atoms with Crippen molar-refractivity contribution in [2.75, 3.05) is 0 Å². The van der Waals surface area contributed by atoms with Crippen LogP contribution in [0.1, 0.15) is 37.4 Å². The van der Waals surface area contributed by atoms with Crippen molar-refractivity contribution in [1.29, 1.82) is 0 Å². The van der Waals surface area contributed by atoms with Gasteiger partial charge in [0, 0.05) is 0 Å². The van der Waals surface area contributed by atoms with E-state index in [9.17, 15) is 9.59 Å². The zero-order valence-corrected chi connectivity index (χ0v) is 20.7. The van der Waals surface area contributed by atoms with Gasteiger partial charge in [-0.3, -0.25) is 0 Å². The molecule has 5 aromatic rings. The van der Waals surface area contributed by atoms with Crippen molar-refractivity contribution < 1.29 is 23.8 Å². The van der Waals surface area contributed by atoms with Crippen LogP contribution in [0.15, 0.2) is 121 Å². The van der Waals surface area contributed by atoms with Crippen molar-refractivity contribution in [3.63, 3.8) is 0 Å². The second kappa shape index (κ2) is 11.9. The van der Waals surface area contributed by atoms with Crippen LogP contribution < -0.4 is 4.74 Å². The average molecular weight is 503 g/mol. The third kappa shape index (κ3) is 6.26. The van der Waals surface area contributed by atoms with Crippen LogP contribution in [0.25, 0.3) is 10.8 Å². The van der Waals surface area contributed by atoms with E-state index in [0.717, 1.165) is 22.1 Å². The van der Waals surface area contributed by atoms with Crippen molar-refractivity contribution in [1.82, 2.24) is 0 Å². The van der Waals surface area contributed by atoms with E-state index < -0.39 is 11.9 Å². The molecule has 5 aromatic carbocycles. The minimum atomic E-state index is -0.504. The van der Waals surface area contributed by atoms with Gasteiger partial charge in [-0.15, -0.1) is 0 Å². The quantitative estimate of drug-likeness (QED) is 0.201. The van der Waals surface area contributed by atoms with Crippen molar-refractivity contribution in [3.8, 4) is 5.75 Å². The van der Waals surface area contributed by atoms with Gasteiger partial charge in [-0.2, -0.15) is 0 Å². The van der Waals surface area contributed by atoms with Crippen molar-refractivity contribution in [2.24, 2.45) is 0 Å². The fourth-order valence-corrected chi connectivity index (χ4v) is 4.03. The highest BCUT2D eigenvalue weighted by atomic mass is 16.5. The molecule has 5 nitrogen and oxygen atoms in total. The minimum Gasteiger partial charge on any atom is -0.488 e. The molecule has 0 amide bonds. The van der Waals surface area contributed by atoms with Crippen LogP contribution in [0, 0.1) is 0 Å². The van der Waals surface area contributed by atoms with E-state index in [2.05, 4.69) is 0 Å². The number of ether oxygens (including phenoxy) is 3. The zero-order chi connectivity index (χ0) is 26.2. The Bertz CT molecular complexity index is 1530. The molecule has 38 heavy (non-hydrogen) atoms. The molecule has 0 atom stereocenters. The lowest BCUT2D eigenvalue weighted by Gasteiger charge is -2.14. The van der Waals surface area contributed by atoms with E-state index in [1.54, 1.807) is 24.3 Å². The lowest BCUT2D eigenvalue weighted by Crippen LogP contribution is -2.09. The summed E-state index contributed by atoms with van der Waals surface area (Å²) in [6.45, 7) is 0.623. The molecule has 0 N–H and O–H groups in total. The molecule has 0 bridgehead atoms. The molecule has 0 aromatic heterocycles. The summed E-state index contributed by atoms with van der Waals surface area (Å²) in [5.41, 5.74) is 3.46. The minimum absolute atomic E-state index is 0.141. The van der Waals surface area contributed by atoms with Crippen molar-refractivity contribution >= 4 is 22.7 Å². The number of hydrogen-bond donors (Lipinski definition) is 0. The Morgan fingerprint density at radius 2 is 1.03 bits per heavy atom. The van der Waals surface area contributed by atoms with Crippen LogP contribution in [0.4, 0.5) is 0 Å². The third-order valence-electron chi connectivity index (χ3n) is 6.06. The van der Waals surface area contributed by atoms with E-state index in [-0.39, 0.29) is 13.2 Å². The van der Waals surface area contributed by atoms with E-state index in [4.69, 9.17) is 14.2 Å². The number of carbonyl (C=O) groups is 2. The van der Waals surface area contributed by atoms with Gasteiger partial charge in [0.2, 0.25) is 0 Å². The molecular formula is C33H26O5. The van der Waals surface area contributed by atoms with Gasteiger partial charge in [0.25, 0.3) is 0 Å². The van der Waals surface area contributed by atoms with E-state index in [1.807, 2.05) is 97.1 Å². The van der Waals surface area contributed by atoms with Gasteiger partial charge >= 0.3 is 11.9 Å². The molecule has 0 radical (unpaired) electrons. The summed E-state index contributed by atoms with van der Waals surface area (Å²) in [6, 6.07) is 37.5. The summed E-state index contributed by atoms with van der Waals surface area (Å²) in [4.78, 5) is 25.9. The van der Waals surface area contributed by atoms with Gasteiger partial charge in [0.15, 0.2) is 0 Å². The molecule has 0 aliphatic carbocycles. The van der Waals surface area contributed by atoms with Crippen LogP contribution in [-0.4, -0.2) is 11.9 Å². The highest BCUT2D eigenvalue weighted by Crippen LogP contribution is 2.29. The lowest BCUT2D eigenvalue weighted by atomic mass is 10.0. The Balaban J connectivity index is 1.40. The molecule has 0 spiro atoms. The van der Waals surface area contributed by atoms with Crippen molar-refractivity contribution in [3.05, 3.63) is 149 Å². The second-order valence-corrected chi connectivity index (χ2v) is 8.81. The largest absolute Gasteiger partial charge is 0.488 e. The monoisotopic (exact) mass is 502 g/mol. The Kier molecular flexibility index (Phi) is 7.75. The number of fused-ring (bicyclic) bond motifs is 1. The smallest absolute Gasteiger partial charge is 0.342 e. The van der Waals surface area contributed by atoms with Crippen LogP contribution in [0.3, 0.4) is 0 Å². The molecular weight excluding hydrogens is 476 g/mol. The maximum atomic E-state index is 13.2. The fourth-order valence-electron chi connectivity index (χ4n) is 4.03. The van der Waals surface area contributed by atoms with Gasteiger partial charge in [-0.05, 0) is 51.7 Å². The SMILES string of the molecule is O=C(OCc1ccccc1)c1ccc2cc(OCc3ccccc3)c(C(=O)OCc3ccccc3)cc2c1. The predicted octanol–water partition coefficient (Wildman–Crippen LogP) is 7.13. The molecule has 5 rings (SSSR count). The summed E-state index contributed by atoms with van der Waals surface area (Å²) in [7, 11) is 0. The molecule has 188 valence electrons. The van der Waals surface area contributed by atoms with Crippen LogP contribution in [-0.2, 0) is 29.3 Å². The second-order valence-electron chi connectivity index (χ2n) is 8.81. The predicted molar refractivity (Wildman–Crippen MR) is 146 cm³/mol. The van der Waals surface area contributed by atoms with Gasteiger partial charge in [-0.25, -0.2) is 9.59 Å². The topological polar surface area (TPSA) is 61.8 Å². The molecule has 0 unspecified atom stereocenters. The first-order valence-electron chi connectivity index (χ1n) is 12.3. The molecule has 0 saturated carbocycles. The van der Waals surface area contributed by atoms with E-state index in [0.29, 0.717) is 28.9 Å². The average Bonchev–Trinajstić information content (AvgIpc) is 2.98. The van der Waals surface area contributed by atoms with Gasteiger partial charge in [0.1, 0.15) is 31.1 Å². The molecule has 0 heterocycles. The van der Waals surface area contributed by atoms with Gasteiger partial charge in [0.05, 0.1) is 5.56 Å². The first-order valence-corrected chi connectivity index (χ1v) is 12.3. The number of benzene rings is 5. The number of carbonyl (C=O) groups excluding carboxylic acids is 2. The fraction of sp³-hybridized carbons (Fsp3) is 0.0909. The number of rotatable bonds is 9. The number of hydrogen-bond acceptors (Lipinski definition) is 5. The number of esters is 2. The Morgan fingerprint density at radius 3 is 1.61 bits per heavy atom.